The molecule has 0 saturated heterocycles. The number of hydrogen-bond donors (Lipinski definition) is 0. The molecule has 0 aromatic heterocycles. The van der Waals surface area contributed by atoms with E-state index in [9.17, 15) is 9.00 Å². The number of methoxy groups -OCH3 is 1. The Bertz CT molecular complexity index is 701. The number of halogens is 2. The molecule has 0 heterocycles. The zero-order valence-corrected chi connectivity index (χ0v) is 13.5. The minimum absolute atomic E-state index is 0.146. The van der Waals surface area contributed by atoms with E-state index < -0.39 is 10.8 Å². The Hall–Kier alpha value is -1.36. The standard InChI is InChI=1S/C15H12Cl2O3S/c1-20-14-7-6-10(8-12(14)17)13(18)9-21(19)15-5-3-2-4-11(15)16/h2-8H,9H2,1H3. The molecule has 21 heavy (non-hydrogen) atoms. The molecular weight excluding hydrogens is 331 g/mol. The number of benzene rings is 2. The highest BCUT2D eigenvalue weighted by Crippen LogP contribution is 2.26. The first-order valence-corrected chi connectivity index (χ1v) is 8.10. The Kier molecular flexibility index (Phi) is 5.39. The van der Waals surface area contributed by atoms with Gasteiger partial charge in [-0.15, -0.1) is 0 Å². The summed E-state index contributed by atoms with van der Waals surface area (Å²) in [5.41, 5.74) is 0.390. The lowest BCUT2D eigenvalue weighted by molar-refractivity contribution is 0.102. The molecule has 0 bridgehead atoms. The number of rotatable bonds is 5. The monoisotopic (exact) mass is 342 g/mol. The molecule has 0 radical (unpaired) electrons. The average Bonchev–Trinajstić information content (AvgIpc) is 2.47. The largest absolute Gasteiger partial charge is 0.495 e. The van der Waals surface area contributed by atoms with Gasteiger partial charge in [-0.1, -0.05) is 35.3 Å². The molecule has 1 atom stereocenters. The van der Waals surface area contributed by atoms with Gasteiger partial charge in [0, 0.05) is 5.56 Å². The van der Waals surface area contributed by atoms with Crippen molar-refractivity contribution in [2.24, 2.45) is 0 Å². The Morgan fingerprint density at radius 1 is 1.14 bits per heavy atom. The molecule has 0 amide bonds. The first-order valence-electron chi connectivity index (χ1n) is 6.02. The van der Waals surface area contributed by atoms with Gasteiger partial charge in [0.15, 0.2) is 5.78 Å². The molecule has 2 rings (SSSR count). The Labute approximate surface area is 135 Å². The van der Waals surface area contributed by atoms with E-state index in [0.717, 1.165) is 0 Å². The molecule has 0 saturated carbocycles. The maximum Gasteiger partial charge on any atom is 0.175 e. The third-order valence-electron chi connectivity index (χ3n) is 2.82. The zero-order chi connectivity index (χ0) is 15.4. The quantitative estimate of drug-likeness (QED) is 0.771. The number of Topliss-reactive ketones (excluding diaryl/α,β-unsaturated/α-hetero) is 1. The molecule has 2 aromatic rings. The summed E-state index contributed by atoms with van der Waals surface area (Å²) in [6.45, 7) is 0. The van der Waals surface area contributed by atoms with Gasteiger partial charge < -0.3 is 4.74 Å². The third-order valence-corrected chi connectivity index (χ3v) is 4.93. The second-order valence-electron chi connectivity index (χ2n) is 4.19. The molecular formula is C15H12Cl2O3S. The summed E-state index contributed by atoms with van der Waals surface area (Å²) in [6, 6.07) is 11.5. The Morgan fingerprint density at radius 2 is 1.86 bits per heavy atom. The van der Waals surface area contributed by atoms with Gasteiger partial charge >= 0.3 is 0 Å². The van der Waals surface area contributed by atoms with Gasteiger partial charge in [0.05, 0.1) is 38.6 Å². The van der Waals surface area contributed by atoms with Crippen molar-refractivity contribution in [3.05, 3.63) is 58.1 Å². The topological polar surface area (TPSA) is 43.4 Å². The molecule has 3 nitrogen and oxygen atoms in total. The van der Waals surface area contributed by atoms with Crippen molar-refractivity contribution in [1.82, 2.24) is 0 Å². The first-order chi connectivity index (χ1) is 10.0. The number of carbonyl (C=O) groups excluding carboxylic acids is 1. The van der Waals surface area contributed by atoms with Crippen LogP contribution in [0.2, 0.25) is 10.0 Å². The van der Waals surface area contributed by atoms with Gasteiger partial charge in [0.25, 0.3) is 0 Å². The summed E-state index contributed by atoms with van der Waals surface area (Å²) in [5, 5.41) is 0.725. The summed E-state index contributed by atoms with van der Waals surface area (Å²) >= 11 is 11.9. The predicted octanol–water partition coefficient (Wildman–Crippen LogP) is 3.99. The fourth-order valence-electron chi connectivity index (χ4n) is 1.75. The molecule has 0 aliphatic heterocycles. The second kappa shape index (κ2) is 7.07. The Morgan fingerprint density at radius 3 is 2.48 bits per heavy atom. The van der Waals surface area contributed by atoms with Crippen molar-refractivity contribution in [3.63, 3.8) is 0 Å². The summed E-state index contributed by atoms with van der Waals surface area (Å²) in [4.78, 5) is 12.6. The van der Waals surface area contributed by atoms with Crippen molar-refractivity contribution < 1.29 is 13.7 Å². The molecule has 0 N–H and O–H groups in total. The van der Waals surface area contributed by atoms with Crippen LogP contribution < -0.4 is 4.74 Å². The van der Waals surface area contributed by atoms with E-state index in [1.165, 1.54) is 13.2 Å². The highest BCUT2D eigenvalue weighted by molar-refractivity contribution is 7.86. The van der Waals surface area contributed by atoms with Crippen LogP contribution in [0.4, 0.5) is 0 Å². The molecule has 0 aliphatic carbocycles. The van der Waals surface area contributed by atoms with E-state index in [2.05, 4.69) is 0 Å². The predicted molar refractivity (Wildman–Crippen MR) is 85.1 cm³/mol. The molecule has 1 unspecified atom stereocenters. The van der Waals surface area contributed by atoms with Crippen LogP contribution in [0.1, 0.15) is 10.4 Å². The van der Waals surface area contributed by atoms with Crippen LogP contribution >= 0.6 is 23.2 Å². The van der Waals surface area contributed by atoms with Crippen molar-refractivity contribution in [2.45, 2.75) is 4.90 Å². The van der Waals surface area contributed by atoms with E-state index in [-0.39, 0.29) is 11.5 Å². The molecule has 110 valence electrons. The normalized spacial score (nSPS) is 12.0. The summed E-state index contributed by atoms with van der Waals surface area (Å²) in [7, 11) is 0.0000720. The van der Waals surface area contributed by atoms with Crippen LogP contribution in [0.3, 0.4) is 0 Å². The molecule has 0 spiro atoms. The van der Waals surface area contributed by atoms with Gasteiger partial charge in [-0.25, -0.2) is 0 Å². The fourth-order valence-corrected chi connectivity index (χ4v) is 3.48. The molecule has 0 fully saturated rings. The van der Waals surface area contributed by atoms with Crippen molar-refractivity contribution in [2.75, 3.05) is 12.9 Å². The highest BCUT2D eigenvalue weighted by Gasteiger charge is 2.15. The Balaban J connectivity index is 2.17. The van der Waals surface area contributed by atoms with E-state index in [1.54, 1.807) is 36.4 Å². The lowest BCUT2D eigenvalue weighted by Crippen LogP contribution is -2.11. The van der Waals surface area contributed by atoms with Crippen LogP contribution in [-0.4, -0.2) is 22.9 Å². The minimum atomic E-state index is -1.50. The van der Waals surface area contributed by atoms with E-state index in [1.807, 2.05) is 0 Å². The van der Waals surface area contributed by atoms with Crippen molar-refractivity contribution >= 4 is 39.8 Å². The lowest BCUT2D eigenvalue weighted by atomic mass is 10.1. The number of hydrogen-bond acceptors (Lipinski definition) is 3. The van der Waals surface area contributed by atoms with Crippen molar-refractivity contribution in [1.29, 1.82) is 0 Å². The summed E-state index contributed by atoms with van der Waals surface area (Å²) in [6.07, 6.45) is 0. The van der Waals surface area contributed by atoms with Crippen molar-refractivity contribution in [3.8, 4) is 5.75 Å². The third kappa shape index (κ3) is 3.84. The van der Waals surface area contributed by atoms with E-state index in [0.29, 0.717) is 26.3 Å². The van der Waals surface area contributed by atoms with Crippen LogP contribution in [0.5, 0.6) is 5.75 Å². The first kappa shape index (κ1) is 16.0. The van der Waals surface area contributed by atoms with E-state index >= 15 is 0 Å². The lowest BCUT2D eigenvalue weighted by Gasteiger charge is -2.06. The minimum Gasteiger partial charge on any atom is -0.495 e. The van der Waals surface area contributed by atoms with Crippen LogP contribution in [0.15, 0.2) is 47.4 Å². The molecule has 6 heteroatoms. The van der Waals surface area contributed by atoms with Crippen LogP contribution in [-0.2, 0) is 10.8 Å². The van der Waals surface area contributed by atoms with Gasteiger partial charge in [0.1, 0.15) is 5.75 Å². The number of ketones is 1. The average molecular weight is 343 g/mol. The van der Waals surface area contributed by atoms with Gasteiger partial charge in [0.2, 0.25) is 0 Å². The number of carbonyl (C=O) groups is 1. The second-order valence-corrected chi connectivity index (χ2v) is 6.43. The molecule has 0 aliphatic rings. The van der Waals surface area contributed by atoms with Crippen LogP contribution in [0.25, 0.3) is 0 Å². The maximum atomic E-state index is 12.2. The van der Waals surface area contributed by atoms with Gasteiger partial charge in [-0.2, -0.15) is 0 Å². The molecule has 2 aromatic carbocycles. The highest BCUT2D eigenvalue weighted by atomic mass is 35.5. The summed E-state index contributed by atoms with van der Waals surface area (Å²) < 4.78 is 17.2. The van der Waals surface area contributed by atoms with Gasteiger partial charge in [-0.05, 0) is 30.3 Å². The SMILES string of the molecule is COc1ccc(C(=O)CS(=O)c2ccccc2Cl)cc1Cl. The van der Waals surface area contributed by atoms with Crippen LogP contribution in [0, 0.1) is 0 Å². The smallest absolute Gasteiger partial charge is 0.175 e. The summed E-state index contributed by atoms with van der Waals surface area (Å²) in [5.74, 6) is 0.0742. The van der Waals surface area contributed by atoms with E-state index in [4.69, 9.17) is 27.9 Å². The number of ether oxygens (including phenoxy) is 1. The van der Waals surface area contributed by atoms with Gasteiger partial charge in [-0.3, -0.25) is 9.00 Å². The zero-order valence-electron chi connectivity index (χ0n) is 11.1. The maximum absolute atomic E-state index is 12.2. The fraction of sp³-hybridized carbons (Fsp3) is 0.133.